The van der Waals surface area contributed by atoms with Gasteiger partial charge in [0.25, 0.3) is 0 Å². The quantitative estimate of drug-likeness (QED) is 0.220. The second kappa shape index (κ2) is 12.3. The van der Waals surface area contributed by atoms with Gasteiger partial charge in [-0.2, -0.15) is 18.3 Å². The molecule has 0 spiro atoms. The minimum Gasteiger partial charge on any atom is -0.371 e. The Labute approximate surface area is 227 Å². The molecule has 39 heavy (non-hydrogen) atoms. The van der Waals surface area contributed by atoms with Crippen LogP contribution in [-0.2, 0) is 17.5 Å². The summed E-state index contributed by atoms with van der Waals surface area (Å²) in [6, 6.07) is 12.4. The van der Waals surface area contributed by atoms with Crippen molar-refractivity contribution < 1.29 is 22.4 Å². The molecule has 2 aliphatic heterocycles. The number of nitrogens with one attached hydrogen (secondary N) is 1. The van der Waals surface area contributed by atoms with Crippen molar-refractivity contribution in [3.05, 3.63) is 71.3 Å². The number of alkyl halides is 4. The number of carbonyl (C=O) groups excluding carboxylic acids is 1. The summed E-state index contributed by atoms with van der Waals surface area (Å²) in [5.41, 5.74) is 5.41. The summed E-state index contributed by atoms with van der Waals surface area (Å²) in [7, 11) is 0. The number of halogens is 4. The van der Waals surface area contributed by atoms with Crippen LogP contribution in [-0.4, -0.2) is 48.2 Å². The molecule has 5 nitrogen and oxygen atoms in total. The lowest BCUT2D eigenvalue weighted by Gasteiger charge is -2.32. The van der Waals surface area contributed by atoms with Gasteiger partial charge in [0.2, 0.25) is 0 Å². The third kappa shape index (κ3) is 7.47. The van der Waals surface area contributed by atoms with Crippen molar-refractivity contribution in [2.45, 2.75) is 70.9 Å². The summed E-state index contributed by atoms with van der Waals surface area (Å²) < 4.78 is 55.2. The van der Waals surface area contributed by atoms with E-state index in [0.717, 1.165) is 43.1 Å². The first-order valence-electron chi connectivity index (χ1n) is 13.4. The van der Waals surface area contributed by atoms with Crippen LogP contribution in [0.1, 0.15) is 68.2 Å². The molecule has 0 aliphatic carbocycles. The van der Waals surface area contributed by atoms with Gasteiger partial charge in [-0.15, -0.1) is 0 Å². The highest BCUT2D eigenvalue weighted by atomic mass is 19.4. The second-order valence-corrected chi connectivity index (χ2v) is 10.5. The highest BCUT2D eigenvalue weighted by Gasteiger charge is 2.36. The van der Waals surface area contributed by atoms with E-state index in [1.807, 2.05) is 24.3 Å². The van der Waals surface area contributed by atoms with E-state index in [4.69, 9.17) is 0 Å². The fourth-order valence-electron chi connectivity index (χ4n) is 5.35. The van der Waals surface area contributed by atoms with Gasteiger partial charge in [-0.05, 0) is 74.9 Å². The summed E-state index contributed by atoms with van der Waals surface area (Å²) in [6.07, 6.45) is -2.33. The van der Waals surface area contributed by atoms with Crippen molar-refractivity contribution >= 4 is 22.9 Å². The predicted molar refractivity (Wildman–Crippen MR) is 147 cm³/mol. The van der Waals surface area contributed by atoms with E-state index in [9.17, 15) is 22.4 Å². The van der Waals surface area contributed by atoms with E-state index >= 15 is 0 Å². The van der Waals surface area contributed by atoms with Gasteiger partial charge >= 0.3 is 6.18 Å². The van der Waals surface area contributed by atoms with Gasteiger partial charge in [0, 0.05) is 37.8 Å². The standard InChI is InChI=1S/C30H36F4N4O/c1-20(39)17-27-5-4-14-38(27)19-23-6-8-24(9-7-23)21(2)35-36-22(3)25-10-11-29(28(18-25)30(32,33)34)37-15-12-26(31)13-16-37/h6-11,18,26-27,35H,2,4-5,12-17,19H2,1,3H3/b36-22+/t27-/m0/s1. The molecule has 2 aromatic carbocycles. The lowest BCUT2D eigenvalue weighted by molar-refractivity contribution is -0.137. The number of benzene rings is 2. The molecule has 1 N–H and O–H groups in total. The summed E-state index contributed by atoms with van der Waals surface area (Å²) in [6.45, 7) is 9.57. The number of ketones is 1. The van der Waals surface area contributed by atoms with Gasteiger partial charge in [0.05, 0.1) is 17.0 Å². The Morgan fingerprint density at radius 1 is 1.03 bits per heavy atom. The van der Waals surface area contributed by atoms with E-state index in [1.54, 1.807) is 24.8 Å². The Morgan fingerprint density at radius 2 is 1.69 bits per heavy atom. The monoisotopic (exact) mass is 544 g/mol. The van der Waals surface area contributed by atoms with Crippen molar-refractivity contribution in [1.82, 2.24) is 10.3 Å². The van der Waals surface area contributed by atoms with Crippen molar-refractivity contribution in [1.29, 1.82) is 0 Å². The number of anilines is 1. The predicted octanol–water partition coefficient (Wildman–Crippen LogP) is 6.57. The lowest BCUT2D eigenvalue weighted by atomic mass is 10.0. The maximum atomic E-state index is 13.9. The van der Waals surface area contributed by atoms with Crippen LogP contribution < -0.4 is 10.3 Å². The molecule has 2 fully saturated rings. The van der Waals surface area contributed by atoms with E-state index in [2.05, 4.69) is 22.0 Å². The number of carbonyl (C=O) groups is 1. The van der Waals surface area contributed by atoms with E-state index < -0.39 is 17.9 Å². The zero-order chi connectivity index (χ0) is 28.2. The number of nitrogens with zero attached hydrogens (tertiary/aromatic N) is 3. The fraction of sp³-hybridized carbons (Fsp3) is 0.467. The molecule has 210 valence electrons. The third-order valence-corrected chi connectivity index (χ3v) is 7.55. The van der Waals surface area contributed by atoms with Crippen LogP contribution in [0.3, 0.4) is 0 Å². The number of hydrogen-bond donors (Lipinski definition) is 1. The molecule has 2 saturated heterocycles. The second-order valence-electron chi connectivity index (χ2n) is 10.5. The first-order chi connectivity index (χ1) is 18.5. The van der Waals surface area contributed by atoms with Crippen LogP contribution in [0.15, 0.2) is 54.1 Å². The molecular formula is C30H36F4N4O. The molecule has 0 saturated carbocycles. The molecular weight excluding hydrogens is 508 g/mol. The average molecular weight is 545 g/mol. The smallest absolute Gasteiger partial charge is 0.371 e. The van der Waals surface area contributed by atoms with Crippen molar-refractivity contribution in [3.63, 3.8) is 0 Å². The van der Waals surface area contributed by atoms with Gasteiger partial charge in [0.1, 0.15) is 12.0 Å². The number of hydrogen-bond acceptors (Lipinski definition) is 5. The van der Waals surface area contributed by atoms with Gasteiger partial charge in [0.15, 0.2) is 0 Å². The number of likely N-dealkylation sites (tertiary alicyclic amines) is 1. The number of hydrazone groups is 1. The Kier molecular flexibility index (Phi) is 9.10. The summed E-state index contributed by atoms with van der Waals surface area (Å²) in [4.78, 5) is 15.5. The van der Waals surface area contributed by atoms with Crippen LogP contribution in [0.5, 0.6) is 0 Å². The Hall–Kier alpha value is -3.20. The summed E-state index contributed by atoms with van der Waals surface area (Å²) >= 11 is 0. The number of rotatable bonds is 9. The molecule has 0 unspecified atom stereocenters. The maximum Gasteiger partial charge on any atom is 0.418 e. The first-order valence-corrected chi connectivity index (χ1v) is 13.4. The van der Waals surface area contributed by atoms with Crippen LogP contribution in [0.2, 0.25) is 0 Å². The zero-order valence-electron chi connectivity index (χ0n) is 22.5. The van der Waals surface area contributed by atoms with E-state index in [-0.39, 0.29) is 37.4 Å². The van der Waals surface area contributed by atoms with Crippen molar-refractivity contribution in [3.8, 4) is 0 Å². The molecule has 2 aromatic rings. The van der Waals surface area contributed by atoms with Gasteiger partial charge in [-0.3, -0.25) is 15.1 Å². The Morgan fingerprint density at radius 3 is 2.33 bits per heavy atom. The topological polar surface area (TPSA) is 47.9 Å². The molecule has 9 heteroatoms. The van der Waals surface area contributed by atoms with E-state index in [0.29, 0.717) is 29.4 Å². The molecule has 0 amide bonds. The van der Waals surface area contributed by atoms with Crippen molar-refractivity contribution in [2.24, 2.45) is 5.10 Å². The SMILES string of the molecule is C=C(N/N=C(\C)c1ccc(N2CCC(F)CC2)c(C(F)(F)F)c1)c1ccc(CN2CCC[C@H]2CC(C)=O)cc1. The molecule has 4 rings (SSSR count). The zero-order valence-corrected chi connectivity index (χ0v) is 22.5. The summed E-state index contributed by atoms with van der Waals surface area (Å²) in [5, 5.41) is 4.29. The number of Topliss-reactive ketones (excluding diaryl/α,β-unsaturated/α-hetero) is 1. The molecule has 2 aliphatic rings. The normalized spacial score (nSPS) is 19.4. The number of piperidine rings is 1. The van der Waals surface area contributed by atoms with E-state index in [1.165, 1.54) is 6.07 Å². The van der Waals surface area contributed by atoms with Crippen LogP contribution in [0.4, 0.5) is 23.2 Å². The third-order valence-electron chi connectivity index (χ3n) is 7.55. The molecule has 0 bridgehead atoms. The van der Waals surface area contributed by atoms with Gasteiger partial charge in [-0.25, -0.2) is 4.39 Å². The minimum absolute atomic E-state index is 0.0740. The Balaban J connectivity index is 1.41. The fourth-order valence-corrected chi connectivity index (χ4v) is 5.35. The highest BCUT2D eigenvalue weighted by molar-refractivity contribution is 5.99. The molecule has 0 aromatic heterocycles. The first kappa shape index (κ1) is 28.8. The largest absolute Gasteiger partial charge is 0.418 e. The van der Waals surface area contributed by atoms with Gasteiger partial charge < -0.3 is 4.90 Å². The molecule has 1 atom stereocenters. The molecule has 0 radical (unpaired) electrons. The van der Waals surface area contributed by atoms with Gasteiger partial charge in [-0.1, -0.05) is 36.9 Å². The Bertz CT molecular complexity index is 1200. The maximum absolute atomic E-state index is 13.9. The van der Waals surface area contributed by atoms with Crippen LogP contribution in [0, 0.1) is 0 Å². The highest BCUT2D eigenvalue weighted by Crippen LogP contribution is 2.38. The average Bonchev–Trinajstić information content (AvgIpc) is 3.32. The van der Waals surface area contributed by atoms with Crippen LogP contribution in [0.25, 0.3) is 5.70 Å². The minimum atomic E-state index is -4.54. The summed E-state index contributed by atoms with van der Waals surface area (Å²) in [5.74, 6) is 0.212. The molecule has 2 heterocycles. The van der Waals surface area contributed by atoms with Crippen LogP contribution >= 0.6 is 0 Å². The van der Waals surface area contributed by atoms with Crippen molar-refractivity contribution in [2.75, 3.05) is 24.5 Å². The lowest BCUT2D eigenvalue weighted by Crippen LogP contribution is -2.35.